The van der Waals surface area contributed by atoms with Crippen molar-refractivity contribution in [1.82, 2.24) is 20.0 Å². The van der Waals surface area contributed by atoms with Crippen LogP contribution in [-0.4, -0.2) is 90.9 Å². The monoisotopic (exact) mass is 837 g/mol. The number of carbonyl (C=O) groups is 4. The standard InChI is InChI=1S/C19H24N2O6S.C16H17N3O2S.C5H10N2O/c1-2-13-11-14(13)19(25)21-28-16-6-4-3-5-15(16)20-17(22)12-27-10-9-26-8-7-18(23)24;1-9(2)17-16-19-14(8-22-16)13-7-15(20)11-5-4-10(21-3)6-12(11)18-13;6-5(8)4-2-1-3-7-4/h2-6,13-14H,1,7-12H2,(H,20,22)(H,21,25)(H,23,24);4-9H,1-3H3,(H,17,19)(H,18,20);4,7H,1-3H2,(H2,6,8)/t13-,14?;;/m1../s1. The number of pyridine rings is 1. The molecule has 2 aromatic heterocycles. The third kappa shape index (κ3) is 14.9. The highest BCUT2D eigenvalue weighted by Gasteiger charge is 2.40. The number of nitrogens with two attached hydrogens (primary N) is 1. The van der Waals surface area contributed by atoms with Gasteiger partial charge in [-0.25, -0.2) is 4.98 Å². The van der Waals surface area contributed by atoms with Gasteiger partial charge in [0.25, 0.3) is 0 Å². The number of nitrogens with one attached hydrogen (secondary N) is 5. The number of aromatic amines is 1. The topological polar surface area (TPSA) is 236 Å². The minimum Gasteiger partial charge on any atom is -0.497 e. The van der Waals surface area contributed by atoms with Crippen molar-refractivity contribution in [3.8, 4) is 17.1 Å². The fourth-order valence-corrected chi connectivity index (χ4v) is 7.08. The number of carboxylic acid groups (broad SMARTS) is 1. The number of aliphatic carboxylic acids is 1. The van der Waals surface area contributed by atoms with E-state index in [2.05, 4.69) is 51.1 Å². The molecule has 1 aliphatic heterocycles. The summed E-state index contributed by atoms with van der Waals surface area (Å²) in [6.07, 6.45) is 4.54. The molecule has 16 nitrogen and oxygen atoms in total. The summed E-state index contributed by atoms with van der Waals surface area (Å²) in [5.41, 5.74) is 7.76. The number of para-hydroxylation sites is 1. The largest absolute Gasteiger partial charge is 0.497 e. The molecule has 2 fully saturated rings. The Bertz CT molecular complexity index is 2070. The second-order valence-electron chi connectivity index (χ2n) is 13.5. The molecule has 18 heteroatoms. The fraction of sp³-hybridized carbons (Fsp3) is 0.400. The molecule has 3 heterocycles. The summed E-state index contributed by atoms with van der Waals surface area (Å²) in [6, 6.07) is 14.4. The number of amides is 3. The van der Waals surface area contributed by atoms with Gasteiger partial charge in [-0.1, -0.05) is 18.2 Å². The highest BCUT2D eigenvalue weighted by atomic mass is 32.2. The van der Waals surface area contributed by atoms with Crippen molar-refractivity contribution in [3.05, 3.63) is 76.8 Å². The van der Waals surface area contributed by atoms with Crippen molar-refractivity contribution >= 4 is 68.7 Å². The summed E-state index contributed by atoms with van der Waals surface area (Å²) in [5, 5.41) is 20.9. The molecule has 0 bridgehead atoms. The van der Waals surface area contributed by atoms with E-state index in [0.717, 1.165) is 59.0 Å². The van der Waals surface area contributed by atoms with E-state index in [9.17, 15) is 24.0 Å². The van der Waals surface area contributed by atoms with Gasteiger partial charge in [0.05, 0.1) is 66.9 Å². The van der Waals surface area contributed by atoms with Gasteiger partial charge < -0.3 is 46.0 Å². The number of thiazole rings is 1. The number of methoxy groups -OCH3 is 1. The Balaban J connectivity index is 0.000000219. The third-order valence-corrected chi connectivity index (χ3v) is 10.3. The average molecular weight is 838 g/mol. The van der Waals surface area contributed by atoms with Crippen LogP contribution in [-0.2, 0) is 28.7 Å². The molecule has 1 aliphatic carbocycles. The Morgan fingerprint density at radius 3 is 2.55 bits per heavy atom. The third-order valence-electron chi connectivity index (χ3n) is 8.60. The van der Waals surface area contributed by atoms with E-state index in [0.29, 0.717) is 28.6 Å². The molecule has 3 amide bonds. The van der Waals surface area contributed by atoms with E-state index in [1.54, 1.807) is 49.6 Å². The highest BCUT2D eigenvalue weighted by Crippen LogP contribution is 2.40. The van der Waals surface area contributed by atoms with Crippen LogP contribution in [0.3, 0.4) is 0 Å². The smallest absolute Gasteiger partial charge is 0.305 e. The zero-order valence-electron chi connectivity index (χ0n) is 32.7. The van der Waals surface area contributed by atoms with Crippen LogP contribution in [0.5, 0.6) is 5.75 Å². The van der Waals surface area contributed by atoms with E-state index in [-0.39, 0.29) is 73.9 Å². The van der Waals surface area contributed by atoms with Gasteiger partial charge in [-0.15, -0.1) is 17.9 Å². The number of hydrogen-bond donors (Lipinski definition) is 7. The van der Waals surface area contributed by atoms with Crippen LogP contribution in [0.25, 0.3) is 22.3 Å². The van der Waals surface area contributed by atoms with E-state index >= 15 is 0 Å². The Kier molecular flexibility index (Phi) is 18.2. The maximum absolute atomic E-state index is 12.3. The molecule has 2 aromatic carbocycles. The quantitative estimate of drug-likeness (QED) is 0.0407. The lowest BCUT2D eigenvalue weighted by Gasteiger charge is -2.11. The summed E-state index contributed by atoms with van der Waals surface area (Å²) in [7, 11) is 1.60. The second kappa shape index (κ2) is 23.2. The van der Waals surface area contributed by atoms with Gasteiger partial charge in [0.1, 0.15) is 12.4 Å². The maximum Gasteiger partial charge on any atom is 0.305 e. The van der Waals surface area contributed by atoms with Crippen LogP contribution in [0.15, 0.2) is 76.3 Å². The predicted molar refractivity (Wildman–Crippen MR) is 226 cm³/mol. The normalized spacial score (nSPS) is 16.6. The summed E-state index contributed by atoms with van der Waals surface area (Å²) in [5.74, 6) is -0.575. The summed E-state index contributed by atoms with van der Waals surface area (Å²) in [4.78, 5) is 65.5. The van der Waals surface area contributed by atoms with Gasteiger partial charge in [-0.3, -0.25) is 28.7 Å². The Morgan fingerprint density at radius 1 is 1.12 bits per heavy atom. The second-order valence-corrected chi connectivity index (χ2v) is 15.2. The van der Waals surface area contributed by atoms with Gasteiger partial charge >= 0.3 is 5.97 Å². The number of fused-ring (bicyclic) bond motifs is 1. The minimum absolute atomic E-state index is 0.0159. The first kappa shape index (κ1) is 45.4. The molecule has 6 rings (SSSR count). The fourth-order valence-electron chi connectivity index (χ4n) is 5.48. The number of carboxylic acids is 1. The number of hydrogen-bond acceptors (Lipinski definition) is 13. The molecule has 2 aliphatic rings. The van der Waals surface area contributed by atoms with Crippen molar-refractivity contribution in [2.75, 3.05) is 50.7 Å². The van der Waals surface area contributed by atoms with Gasteiger partial charge in [-0.2, -0.15) is 0 Å². The van der Waals surface area contributed by atoms with Gasteiger partial charge in [0.15, 0.2) is 10.6 Å². The van der Waals surface area contributed by atoms with E-state index in [1.165, 1.54) is 11.3 Å². The van der Waals surface area contributed by atoms with Crippen LogP contribution in [0.4, 0.5) is 10.8 Å². The molecule has 3 atom stereocenters. The molecular formula is C40H51N7O9S2. The zero-order valence-corrected chi connectivity index (χ0v) is 34.3. The molecule has 1 saturated carbocycles. The van der Waals surface area contributed by atoms with Gasteiger partial charge in [0.2, 0.25) is 17.7 Å². The van der Waals surface area contributed by atoms with Crippen LogP contribution in [0.1, 0.15) is 39.5 Å². The lowest BCUT2D eigenvalue weighted by atomic mass is 10.1. The number of benzene rings is 2. The van der Waals surface area contributed by atoms with Crippen LogP contribution >= 0.6 is 23.3 Å². The number of ether oxygens (including phenoxy) is 3. The molecule has 0 radical (unpaired) electrons. The van der Waals surface area contributed by atoms with Crippen LogP contribution in [0.2, 0.25) is 0 Å². The minimum atomic E-state index is -0.925. The Hall–Kier alpha value is -5.27. The first-order valence-corrected chi connectivity index (χ1v) is 20.4. The first-order valence-electron chi connectivity index (χ1n) is 18.7. The van der Waals surface area contributed by atoms with E-state index in [4.69, 9.17) is 25.1 Å². The number of anilines is 2. The Morgan fingerprint density at radius 2 is 1.90 bits per heavy atom. The number of nitrogens with zero attached hydrogens (tertiary/aromatic N) is 1. The number of allylic oxidation sites excluding steroid dienone is 1. The van der Waals surface area contributed by atoms with Gasteiger partial charge in [0, 0.05) is 34.9 Å². The van der Waals surface area contributed by atoms with Crippen LogP contribution < -0.4 is 36.6 Å². The van der Waals surface area contributed by atoms with Crippen molar-refractivity contribution in [2.24, 2.45) is 17.6 Å². The molecule has 0 spiro atoms. The summed E-state index contributed by atoms with van der Waals surface area (Å²) < 4.78 is 18.3. The highest BCUT2D eigenvalue weighted by molar-refractivity contribution is 7.98. The van der Waals surface area contributed by atoms with Crippen molar-refractivity contribution in [1.29, 1.82) is 0 Å². The van der Waals surface area contributed by atoms with E-state index in [1.807, 2.05) is 17.5 Å². The van der Waals surface area contributed by atoms with Crippen molar-refractivity contribution < 1.29 is 38.5 Å². The van der Waals surface area contributed by atoms with Crippen molar-refractivity contribution in [2.45, 2.75) is 56.5 Å². The molecule has 2 unspecified atom stereocenters. The summed E-state index contributed by atoms with van der Waals surface area (Å²) >= 11 is 2.68. The lowest BCUT2D eigenvalue weighted by Crippen LogP contribution is -2.36. The predicted octanol–water partition coefficient (Wildman–Crippen LogP) is 4.78. The zero-order chi connectivity index (χ0) is 42.0. The van der Waals surface area contributed by atoms with Crippen molar-refractivity contribution in [3.63, 3.8) is 0 Å². The molecule has 8 N–H and O–H groups in total. The SMILES string of the molecule is C=C[C@@H]1CC1C(=O)NSc1ccccc1NC(=O)COCCOCCC(=O)O.COc1ccc2c(=O)cc(-c3csc(NC(C)C)n3)[nH]c2c1.NC(=O)C1CCCN1. The Labute approximate surface area is 344 Å². The molecule has 1 saturated heterocycles. The lowest BCUT2D eigenvalue weighted by molar-refractivity contribution is -0.138. The number of aromatic nitrogens is 2. The number of rotatable bonds is 18. The molecule has 312 valence electrons. The van der Waals surface area contributed by atoms with Gasteiger partial charge in [-0.05, 0) is 81.8 Å². The maximum atomic E-state index is 12.3. The molecule has 58 heavy (non-hydrogen) atoms. The summed E-state index contributed by atoms with van der Waals surface area (Å²) in [6.45, 7) is 9.11. The van der Waals surface area contributed by atoms with E-state index < -0.39 is 5.97 Å². The number of primary amides is 1. The molecule has 4 aromatic rings. The average Bonchev–Trinajstić information content (AvgIpc) is 3.51. The number of carbonyl (C=O) groups excluding carboxylic acids is 3. The first-order chi connectivity index (χ1) is 27.9. The molecular weight excluding hydrogens is 787 g/mol. The van der Waals surface area contributed by atoms with Crippen LogP contribution in [0, 0.1) is 11.8 Å². The number of H-pyrrole nitrogens is 1.